The van der Waals surface area contributed by atoms with Crippen molar-refractivity contribution >= 4 is 17.9 Å². The molecule has 31 heavy (non-hydrogen) atoms. The number of carbonyl (C=O) groups excluding carboxylic acids is 2. The number of likely N-dealkylation sites (tertiary alicyclic amines) is 1. The number of nitrogens with one attached hydrogen (secondary N) is 1. The van der Waals surface area contributed by atoms with E-state index in [4.69, 9.17) is 14.0 Å². The number of pyridine rings is 1. The van der Waals surface area contributed by atoms with Crippen LogP contribution in [0.25, 0.3) is 11.4 Å². The van der Waals surface area contributed by atoms with E-state index in [1.54, 1.807) is 37.9 Å². The van der Waals surface area contributed by atoms with Gasteiger partial charge in [-0.3, -0.25) is 10.3 Å². The molecule has 0 bridgehead atoms. The van der Waals surface area contributed by atoms with Crippen LogP contribution in [0.3, 0.4) is 0 Å². The molecule has 3 heterocycles. The summed E-state index contributed by atoms with van der Waals surface area (Å²) in [4.78, 5) is 30.2. The first-order valence-electron chi connectivity index (χ1n) is 10.2. The summed E-state index contributed by atoms with van der Waals surface area (Å²) in [5.41, 5.74) is 1.39. The molecule has 1 fully saturated rings. The number of carbonyl (C=O) groups is 2. The lowest BCUT2D eigenvalue weighted by atomic mass is 9.97. The van der Waals surface area contributed by atoms with Crippen LogP contribution in [0.1, 0.15) is 58.8 Å². The smallest absolute Gasteiger partial charge is 0.412 e. The topological polar surface area (TPSA) is 107 Å². The molecule has 9 heteroatoms. The Morgan fingerprint density at radius 3 is 2.32 bits per heavy atom. The summed E-state index contributed by atoms with van der Waals surface area (Å²) in [5.74, 6) is 0.734. The molecule has 2 aromatic heterocycles. The highest BCUT2D eigenvalue weighted by atomic mass is 16.6. The Kier molecular flexibility index (Phi) is 5.98. The summed E-state index contributed by atoms with van der Waals surface area (Å²) in [6.45, 7) is 13.8. The van der Waals surface area contributed by atoms with E-state index in [2.05, 4.69) is 15.5 Å². The summed E-state index contributed by atoms with van der Waals surface area (Å²) in [5, 5.41) is 6.86. The maximum Gasteiger partial charge on any atom is 0.412 e. The molecule has 0 spiro atoms. The fourth-order valence-electron chi connectivity index (χ4n) is 2.95. The zero-order chi connectivity index (χ0) is 23.0. The van der Waals surface area contributed by atoms with Gasteiger partial charge in [0.25, 0.3) is 0 Å². The Balaban J connectivity index is 1.65. The average Bonchev–Trinajstić information content (AvgIpc) is 3.01. The zero-order valence-corrected chi connectivity index (χ0v) is 19.1. The number of aromatic nitrogens is 2. The zero-order valence-electron chi connectivity index (χ0n) is 19.1. The van der Waals surface area contributed by atoms with Crippen molar-refractivity contribution in [2.45, 2.75) is 65.6 Å². The molecule has 0 aromatic carbocycles. The van der Waals surface area contributed by atoms with Crippen LogP contribution in [0.4, 0.5) is 15.3 Å². The molecular formula is C22H30N4O5. The standard InChI is InChI=1S/C22H30N4O5/c1-13-10-23-16(8-15(13)24-19(27)29-21(2,3)4)17-9-18(31-25-17)14-11-26(12-14)20(28)30-22(5,6)7/h8-10,14H,11-12H2,1-7H3,(H,23,24,27). The van der Waals surface area contributed by atoms with Gasteiger partial charge in [0.1, 0.15) is 22.7 Å². The number of hydrogen-bond donors (Lipinski definition) is 1. The van der Waals surface area contributed by atoms with E-state index in [1.165, 1.54) is 0 Å². The third-order valence-electron chi connectivity index (χ3n) is 4.47. The quantitative estimate of drug-likeness (QED) is 0.750. The van der Waals surface area contributed by atoms with Crippen molar-refractivity contribution in [3.8, 4) is 11.4 Å². The maximum atomic E-state index is 12.1. The fraction of sp³-hybridized carbons (Fsp3) is 0.545. The molecule has 1 aliphatic heterocycles. The van der Waals surface area contributed by atoms with Crippen molar-refractivity contribution in [2.75, 3.05) is 18.4 Å². The van der Waals surface area contributed by atoms with Crippen LogP contribution in [-0.2, 0) is 9.47 Å². The van der Waals surface area contributed by atoms with Crippen molar-refractivity contribution in [1.29, 1.82) is 0 Å². The Bertz CT molecular complexity index is 965. The molecular weight excluding hydrogens is 400 g/mol. The largest absolute Gasteiger partial charge is 0.444 e. The third kappa shape index (κ3) is 5.96. The molecule has 1 N–H and O–H groups in total. The van der Waals surface area contributed by atoms with Gasteiger partial charge >= 0.3 is 12.2 Å². The molecule has 168 valence electrons. The Morgan fingerprint density at radius 1 is 1.06 bits per heavy atom. The van der Waals surface area contributed by atoms with Crippen LogP contribution in [0.2, 0.25) is 0 Å². The summed E-state index contributed by atoms with van der Waals surface area (Å²) >= 11 is 0. The minimum absolute atomic E-state index is 0.0542. The first kappa shape index (κ1) is 22.6. The second-order valence-electron chi connectivity index (χ2n) is 9.71. The van der Waals surface area contributed by atoms with Gasteiger partial charge in [-0.1, -0.05) is 5.16 Å². The Labute approximate surface area is 182 Å². The molecule has 1 saturated heterocycles. The highest BCUT2D eigenvalue weighted by molar-refractivity contribution is 5.86. The summed E-state index contributed by atoms with van der Waals surface area (Å²) in [6.07, 6.45) is 0.788. The molecule has 0 saturated carbocycles. The van der Waals surface area contributed by atoms with Crippen LogP contribution >= 0.6 is 0 Å². The molecule has 0 aliphatic carbocycles. The van der Waals surface area contributed by atoms with Crippen LogP contribution in [0, 0.1) is 6.92 Å². The second kappa shape index (κ2) is 8.20. The second-order valence-corrected chi connectivity index (χ2v) is 9.71. The van der Waals surface area contributed by atoms with E-state index < -0.39 is 17.3 Å². The summed E-state index contributed by atoms with van der Waals surface area (Å²) in [7, 11) is 0. The molecule has 0 atom stereocenters. The number of nitrogens with zero attached hydrogens (tertiary/aromatic N) is 3. The molecule has 2 amide bonds. The number of amides is 2. The lowest BCUT2D eigenvalue weighted by Crippen LogP contribution is -2.50. The van der Waals surface area contributed by atoms with Crippen LogP contribution in [-0.4, -0.2) is 51.5 Å². The van der Waals surface area contributed by atoms with Crippen LogP contribution in [0.5, 0.6) is 0 Å². The first-order chi connectivity index (χ1) is 14.3. The van der Waals surface area contributed by atoms with E-state index in [-0.39, 0.29) is 12.0 Å². The van der Waals surface area contributed by atoms with Gasteiger partial charge in [0.2, 0.25) is 0 Å². The number of anilines is 1. The van der Waals surface area contributed by atoms with E-state index in [1.807, 2.05) is 33.8 Å². The molecule has 3 rings (SSSR count). The van der Waals surface area contributed by atoms with Gasteiger partial charge in [-0.05, 0) is 60.1 Å². The van der Waals surface area contributed by atoms with Crippen molar-refractivity contribution in [1.82, 2.24) is 15.0 Å². The molecule has 0 radical (unpaired) electrons. The minimum Gasteiger partial charge on any atom is -0.444 e. The van der Waals surface area contributed by atoms with Crippen molar-refractivity contribution < 1.29 is 23.6 Å². The Hall–Kier alpha value is -3.10. The Morgan fingerprint density at radius 2 is 1.71 bits per heavy atom. The normalized spacial score (nSPS) is 14.7. The highest BCUT2D eigenvalue weighted by Crippen LogP contribution is 2.31. The maximum absolute atomic E-state index is 12.1. The van der Waals surface area contributed by atoms with Gasteiger partial charge in [0.05, 0.1) is 17.3 Å². The predicted octanol–water partition coefficient (Wildman–Crippen LogP) is 4.73. The number of aryl methyl sites for hydroxylation is 1. The summed E-state index contributed by atoms with van der Waals surface area (Å²) in [6, 6.07) is 3.54. The third-order valence-corrected chi connectivity index (χ3v) is 4.47. The van der Waals surface area contributed by atoms with Crippen molar-refractivity contribution in [3.63, 3.8) is 0 Å². The number of rotatable bonds is 3. The van der Waals surface area contributed by atoms with Gasteiger partial charge in [0, 0.05) is 25.4 Å². The first-order valence-corrected chi connectivity index (χ1v) is 10.2. The fourth-order valence-corrected chi connectivity index (χ4v) is 2.95. The highest BCUT2D eigenvalue weighted by Gasteiger charge is 2.37. The summed E-state index contributed by atoms with van der Waals surface area (Å²) < 4.78 is 16.2. The van der Waals surface area contributed by atoms with Gasteiger partial charge < -0.3 is 18.9 Å². The van der Waals surface area contributed by atoms with E-state index in [0.717, 1.165) is 5.56 Å². The molecule has 1 aliphatic rings. The average molecular weight is 431 g/mol. The molecule has 9 nitrogen and oxygen atoms in total. The molecule has 0 unspecified atom stereocenters. The minimum atomic E-state index is -0.592. The van der Waals surface area contributed by atoms with E-state index in [0.29, 0.717) is 35.9 Å². The molecule has 2 aromatic rings. The SMILES string of the molecule is Cc1cnc(-c2cc(C3CN(C(=O)OC(C)(C)C)C3)on2)cc1NC(=O)OC(C)(C)C. The lowest BCUT2D eigenvalue weighted by Gasteiger charge is -2.38. The van der Waals surface area contributed by atoms with Crippen LogP contribution < -0.4 is 5.32 Å². The van der Waals surface area contributed by atoms with Gasteiger partial charge in [0.15, 0.2) is 0 Å². The van der Waals surface area contributed by atoms with Gasteiger partial charge in [-0.15, -0.1) is 0 Å². The van der Waals surface area contributed by atoms with Crippen molar-refractivity contribution in [2.24, 2.45) is 0 Å². The van der Waals surface area contributed by atoms with Gasteiger partial charge in [-0.25, -0.2) is 9.59 Å². The van der Waals surface area contributed by atoms with Crippen LogP contribution in [0.15, 0.2) is 22.9 Å². The number of hydrogen-bond acceptors (Lipinski definition) is 7. The van der Waals surface area contributed by atoms with Gasteiger partial charge in [-0.2, -0.15) is 0 Å². The predicted molar refractivity (Wildman–Crippen MR) is 115 cm³/mol. The monoisotopic (exact) mass is 430 g/mol. The van der Waals surface area contributed by atoms with Crippen molar-refractivity contribution in [3.05, 3.63) is 29.7 Å². The lowest BCUT2D eigenvalue weighted by molar-refractivity contribution is 0.00603. The van der Waals surface area contributed by atoms with E-state index in [9.17, 15) is 9.59 Å². The van der Waals surface area contributed by atoms with E-state index >= 15 is 0 Å². The number of ether oxygens (including phenoxy) is 2.